The Labute approximate surface area is 120 Å². The fourth-order valence-electron chi connectivity index (χ4n) is 2.80. The Balaban J connectivity index is 1.83. The van der Waals surface area contributed by atoms with Crippen molar-refractivity contribution in [2.45, 2.75) is 32.2 Å². The number of rotatable bonds is 5. The summed E-state index contributed by atoms with van der Waals surface area (Å²) in [6, 6.07) is 7.86. The molecule has 1 heterocycles. The van der Waals surface area contributed by atoms with E-state index in [1.54, 1.807) is 14.0 Å². The van der Waals surface area contributed by atoms with Crippen molar-refractivity contribution in [1.29, 1.82) is 0 Å². The minimum Gasteiger partial charge on any atom is -0.497 e. The summed E-state index contributed by atoms with van der Waals surface area (Å²) >= 11 is 0. The molecule has 0 unspecified atom stereocenters. The van der Waals surface area contributed by atoms with E-state index in [9.17, 15) is 4.79 Å². The molecule has 4 nitrogen and oxygen atoms in total. The normalized spacial score (nSPS) is 18.7. The zero-order valence-corrected chi connectivity index (χ0v) is 12.2. The Morgan fingerprint density at radius 1 is 1.35 bits per heavy atom. The van der Waals surface area contributed by atoms with Crippen LogP contribution in [0.2, 0.25) is 0 Å². The summed E-state index contributed by atoms with van der Waals surface area (Å²) in [7, 11) is 1.67. The van der Waals surface area contributed by atoms with Crippen LogP contribution in [0.3, 0.4) is 0 Å². The number of carboxylic acids is 1. The second-order valence-corrected chi connectivity index (χ2v) is 5.55. The van der Waals surface area contributed by atoms with Crippen LogP contribution >= 0.6 is 0 Å². The molecule has 110 valence electrons. The van der Waals surface area contributed by atoms with Crippen LogP contribution in [0.25, 0.3) is 0 Å². The highest BCUT2D eigenvalue weighted by molar-refractivity contribution is 5.72. The van der Waals surface area contributed by atoms with Crippen molar-refractivity contribution in [2.24, 2.45) is 5.92 Å². The Morgan fingerprint density at radius 2 is 1.95 bits per heavy atom. The monoisotopic (exact) mass is 277 g/mol. The summed E-state index contributed by atoms with van der Waals surface area (Å²) < 4.78 is 5.16. The highest BCUT2D eigenvalue weighted by Crippen LogP contribution is 2.23. The summed E-state index contributed by atoms with van der Waals surface area (Å²) in [5, 5.41) is 9.03. The molecular weight excluding hydrogens is 254 g/mol. The highest BCUT2D eigenvalue weighted by Gasteiger charge is 2.26. The number of likely N-dealkylation sites (tertiary alicyclic amines) is 1. The van der Waals surface area contributed by atoms with Crippen molar-refractivity contribution in [2.75, 3.05) is 20.2 Å². The molecule has 0 spiro atoms. The zero-order chi connectivity index (χ0) is 14.5. The average molecular weight is 277 g/mol. The van der Waals surface area contributed by atoms with Crippen molar-refractivity contribution in [1.82, 2.24) is 4.90 Å². The average Bonchev–Trinajstić information content (AvgIpc) is 2.48. The molecule has 0 amide bonds. The molecule has 0 bridgehead atoms. The lowest BCUT2D eigenvalue weighted by atomic mass is 9.89. The maximum Gasteiger partial charge on any atom is 0.320 e. The molecule has 1 aliphatic heterocycles. The third-order valence-corrected chi connectivity index (χ3v) is 4.24. The molecule has 1 aromatic rings. The number of methoxy groups -OCH3 is 1. The molecule has 1 aliphatic rings. The number of carboxylic acid groups (broad SMARTS) is 1. The Kier molecular flexibility index (Phi) is 5.01. The third kappa shape index (κ3) is 3.73. The first kappa shape index (κ1) is 14.9. The van der Waals surface area contributed by atoms with E-state index in [0.717, 1.165) is 38.1 Å². The van der Waals surface area contributed by atoms with Crippen LogP contribution in [0.1, 0.15) is 25.3 Å². The summed E-state index contributed by atoms with van der Waals surface area (Å²) in [5.74, 6) is 0.818. The molecule has 2 rings (SSSR count). The molecule has 0 aromatic heterocycles. The van der Waals surface area contributed by atoms with Crippen molar-refractivity contribution in [3.63, 3.8) is 0 Å². The van der Waals surface area contributed by atoms with Gasteiger partial charge >= 0.3 is 5.97 Å². The van der Waals surface area contributed by atoms with E-state index < -0.39 is 5.97 Å². The minimum absolute atomic E-state index is 0.364. The number of hydrogen-bond acceptors (Lipinski definition) is 3. The predicted molar refractivity (Wildman–Crippen MR) is 78.1 cm³/mol. The van der Waals surface area contributed by atoms with Gasteiger partial charge in [0.15, 0.2) is 0 Å². The molecule has 20 heavy (non-hydrogen) atoms. The van der Waals surface area contributed by atoms with Crippen LogP contribution in [0.4, 0.5) is 0 Å². The van der Waals surface area contributed by atoms with Crippen LogP contribution in [0.15, 0.2) is 24.3 Å². The number of hydrogen-bond donors (Lipinski definition) is 1. The van der Waals surface area contributed by atoms with Crippen molar-refractivity contribution in [3.05, 3.63) is 29.8 Å². The molecule has 1 N–H and O–H groups in total. The Morgan fingerprint density at radius 3 is 2.45 bits per heavy atom. The summed E-state index contributed by atoms with van der Waals surface area (Å²) in [4.78, 5) is 13.0. The fourth-order valence-corrected chi connectivity index (χ4v) is 2.80. The van der Waals surface area contributed by atoms with Gasteiger partial charge in [-0.15, -0.1) is 0 Å². The zero-order valence-electron chi connectivity index (χ0n) is 12.2. The van der Waals surface area contributed by atoms with Gasteiger partial charge < -0.3 is 9.84 Å². The molecule has 0 saturated carbocycles. The van der Waals surface area contributed by atoms with Crippen LogP contribution < -0.4 is 4.74 Å². The SMILES string of the molecule is COc1ccc(CC2CCN([C@@H](C)C(=O)O)CC2)cc1. The summed E-state index contributed by atoms with van der Waals surface area (Å²) in [6.45, 7) is 3.54. The molecule has 1 fully saturated rings. The quantitative estimate of drug-likeness (QED) is 0.898. The molecule has 0 radical (unpaired) electrons. The van der Waals surface area contributed by atoms with Gasteiger partial charge in [-0.25, -0.2) is 0 Å². The molecule has 0 aliphatic carbocycles. The predicted octanol–water partition coefficient (Wildman–Crippen LogP) is 2.42. The number of nitrogens with zero attached hydrogens (tertiary/aromatic N) is 1. The lowest BCUT2D eigenvalue weighted by Gasteiger charge is -2.34. The van der Waals surface area contributed by atoms with Gasteiger partial charge in [0.2, 0.25) is 0 Å². The number of carbonyl (C=O) groups is 1. The van der Waals surface area contributed by atoms with Crippen LogP contribution in [0.5, 0.6) is 5.75 Å². The van der Waals surface area contributed by atoms with Crippen molar-refractivity contribution >= 4 is 5.97 Å². The molecular formula is C16H23NO3. The highest BCUT2D eigenvalue weighted by atomic mass is 16.5. The van der Waals surface area contributed by atoms with Crippen LogP contribution in [-0.2, 0) is 11.2 Å². The third-order valence-electron chi connectivity index (χ3n) is 4.24. The van der Waals surface area contributed by atoms with E-state index in [0.29, 0.717) is 5.92 Å². The van der Waals surface area contributed by atoms with Gasteiger partial charge in [-0.05, 0) is 62.9 Å². The van der Waals surface area contributed by atoms with E-state index >= 15 is 0 Å². The number of ether oxygens (including phenoxy) is 1. The lowest BCUT2D eigenvalue weighted by Crippen LogP contribution is -2.44. The van der Waals surface area contributed by atoms with Gasteiger partial charge in [0, 0.05) is 0 Å². The first-order valence-corrected chi connectivity index (χ1v) is 7.20. The van der Waals surface area contributed by atoms with Gasteiger partial charge in [-0.3, -0.25) is 9.69 Å². The van der Waals surface area contributed by atoms with Gasteiger partial charge in [0.05, 0.1) is 7.11 Å². The minimum atomic E-state index is -0.724. The number of aliphatic carboxylic acids is 1. The van der Waals surface area contributed by atoms with Crippen molar-refractivity contribution in [3.8, 4) is 5.75 Å². The molecule has 1 atom stereocenters. The Hall–Kier alpha value is -1.55. The van der Waals surface area contributed by atoms with Crippen LogP contribution in [0, 0.1) is 5.92 Å². The number of benzene rings is 1. The van der Waals surface area contributed by atoms with Gasteiger partial charge in [-0.1, -0.05) is 12.1 Å². The van der Waals surface area contributed by atoms with E-state index in [4.69, 9.17) is 9.84 Å². The maximum absolute atomic E-state index is 11.0. The van der Waals surface area contributed by atoms with Crippen LogP contribution in [-0.4, -0.2) is 42.2 Å². The maximum atomic E-state index is 11.0. The summed E-state index contributed by atoms with van der Waals surface area (Å²) in [6.07, 6.45) is 3.21. The van der Waals surface area contributed by atoms with Gasteiger partial charge in [0.1, 0.15) is 11.8 Å². The van der Waals surface area contributed by atoms with Gasteiger partial charge in [-0.2, -0.15) is 0 Å². The molecule has 1 aromatic carbocycles. The standard InChI is InChI=1S/C16H23NO3/c1-12(16(18)19)17-9-7-14(8-10-17)11-13-3-5-15(20-2)6-4-13/h3-6,12,14H,7-11H2,1-2H3,(H,18,19)/t12-/m0/s1. The molecule has 4 heteroatoms. The number of piperidine rings is 1. The van der Waals surface area contributed by atoms with E-state index in [-0.39, 0.29) is 6.04 Å². The first-order valence-electron chi connectivity index (χ1n) is 7.20. The second-order valence-electron chi connectivity index (χ2n) is 5.55. The summed E-state index contributed by atoms with van der Waals surface area (Å²) in [5.41, 5.74) is 1.33. The Bertz CT molecular complexity index is 436. The largest absolute Gasteiger partial charge is 0.497 e. The first-order chi connectivity index (χ1) is 9.60. The van der Waals surface area contributed by atoms with Gasteiger partial charge in [0.25, 0.3) is 0 Å². The molecule has 1 saturated heterocycles. The van der Waals surface area contributed by atoms with E-state index in [2.05, 4.69) is 17.0 Å². The smallest absolute Gasteiger partial charge is 0.320 e. The van der Waals surface area contributed by atoms with E-state index in [1.165, 1.54) is 5.56 Å². The van der Waals surface area contributed by atoms with E-state index in [1.807, 2.05) is 12.1 Å². The lowest BCUT2D eigenvalue weighted by molar-refractivity contribution is -0.143. The fraction of sp³-hybridized carbons (Fsp3) is 0.562. The second kappa shape index (κ2) is 6.75. The topological polar surface area (TPSA) is 49.8 Å². The van der Waals surface area contributed by atoms with Crippen molar-refractivity contribution < 1.29 is 14.6 Å².